The van der Waals surface area contributed by atoms with Crippen molar-refractivity contribution < 1.29 is 9.53 Å². The first-order chi connectivity index (χ1) is 7.93. The van der Waals surface area contributed by atoms with Crippen molar-refractivity contribution in [1.82, 2.24) is 5.32 Å². The van der Waals surface area contributed by atoms with Gasteiger partial charge >= 0.3 is 0 Å². The fourth-order valence-corrected chi connectivity index (χ4v) is 2.52. The molecule has 1 aliphatic rings. The van der Waals surface area contributed by atoms with Crippen LogP contribution < -0.4 is 11.1 Å². The molecule has 0 aromatic rings. The van der Waals surface area contributed by atoms with Gasteiger partial charge in [-0.3, -0.25) is 4.79 Å². The minimum atomic E-state index is -0.380. The standard InChI is InChI=1S/C12H22N2O2S/c1-7(2)10(11(13)17)12(15)14-8(3)9-4-5-16-6-9/h7-10H,4-6H2,1-3H3,(H2,13,17)(H,14,15). The average Bonchev–Trinajstić information content (AvgIpc) is 2.68. The van der Waals surface area contributed by atoms with E-state index in [1.54, 1.807) is 0 Å². The van der Waals surface area contributed by atoms with Crippen LogP contribution in [-0.2, 0) is 9.53 Å². The SMILES string of the molecule is CC(C)C(C(=O)NC(C)C1CCOC1)C(N)=S. The lowest BCUT2D eigenvalue weighted by Crippen LogP contribution is -2.46. The Morgan fingerprint density at radius 3 is 2.53 bits per heavy atom. The average molecular weight is 258 g/mol. The lowest BCUT2D eigenvalue weighted by Gasteiger charge is -2.24. The van der Waals surface area contributed by atoms with Crippen LogP contribution in [0.3, 0.4) is 0 Å². The van der Waals surface area contributed by atoms with Crippen LogP contribution in [0.4, 0.5) is 0 Å². The van der Waals surface area contributed by atoms with Crippen molar-refractivity contribution in [3.05, 3.63) is 0 Å². The quantitative estimate of drug-likeness (QED) is 0.725. The van der Waals surface area contributed by atoms with E-state index in [4.69, 9.17) is 22.7 Å². The Morgan fingerprint density at radius 2 is 2.12 bits per heavy atom. The Kier molecular flexibility index (Phi) is 5.33. The topological polar surface area (TPSA) is 64.3 Å². The Morgan fingerprint density at radius 1 is 1.47 bits per heavy atom. The summed E-state index contributed by atoms with van der Waals surface area (Å²) in [4.78, 5) is 12.3. The Balaban J connectivity index is 2.54. The van der Waals surface area contributed by atoms with Crippen LogP contribution in [0.1, 0.15) is 27.2 Å². The van der Waals surface area contributed by atoms with Crippen molar-refractivity contribution in [2.75, 3.05) is 13.2 Å². The Hall–Kier alpha value is -0.680. The Labute approximate surface area is 108 Å². The van der Waals surface area contributed by atoms with Gasteiger partial charge in [0.15, 0.2) is 0 Å². The zero-order chi connectivity index (χ0) is 13.0. The molecule has 4 nitrogen and oxygen atoms in total. The molecule has 1 fully saturated rings. The second-order valence-electron chi connectivity index (χ2n) is 5.04. The van der Waals surface area contributed by atoms with Crippen molar-refractivity contribution in [3.63, 3.8) is 0 Å². The van der Waals surface area contributed by atoms with Crippen LogP contribution in [0, 0.1) is 17.8 Å². The molecule has 1 rings (SSSR count). The molecule has 3 unspecified atom stereocenters. The van der Waals surface area contributed by atoms with Crippen molar-refractivity contribution in [1.29, 1.82) is 0 Å². The number of thiocarbonyl (C=S) groups is 1. The molecule has 1 amide bonds. The second-order valence-corrected chi connectivity index (χ2v) is 5.52. The number of ether oxygens (including phenoxy) is 1. The summed E-state index contributed by atoms with van der Waals surface area (Å²) in [6.45, 7) is 7.42. The Bertz CT molecular complexity index is 288. The number of hydrogen-bond donors (Lipinski definition) is 2. The second kappa shape index (κ2) is 6.31. The summed E-state index contributed by atoms with van der Waals surface area (Å²) in [6.07, 6.45) is 1.00. The van der Waals surface area contributed by atoms with Crippen LogP contribution >= 0.6 is 12.2 Å². The number of rotatable bonds is 5. The summed E-state index contributed by atoms with van der Waals surface area (Å²) >= 11 is 4.95. The predicted octanol–water partition coefficient (Wildman–Crippen LogP) is 1.09. The largest absolute Gasteiger partial charge is 0.393 e. The van der Waals surface area contributed by atoms with Gasteiger partial charge in [-0.1, -0.05) is 26.1 Å². The zero-order valence-corrected chi connectivity index (χ0v) is 11.5. The van der Waals surface area contributed by atoms with E-state index >= 15 is 0 Å². The maximum Gasteiger partial charge on any atom is 0.230 e. The van der Waals surface area contributed by atoms with Crippen LogP contribution in [0.15, 0.2) is 0 Å². The minimum Gasteiger partial charge on any atom is -0.393 e. The number of amides is 1. The molecule has 0 radical (unpaired) electrons. The highest BCUT2D eigenvalue weighted by molar-refractivity contribution is 7.80. The summed E-state index contributed by atoms with van der Waals surface area (Å²) < 4.78 is 5.31. The lowest BCUT2D eigenvalue weighted by atomic mass is 9.93. The molecular weight excluding hydrogens is 236 g/mol. The summed E-state index contributed by atoms with van der Waals surface area (Å²) in [6, 6.07) is 0.112. The fourth-order valence-electron chi connectivity index (χ4n) is 2.14. The van der Waals surface area contributed by atoms with Gasteiger partial charge in [-0.15, -0.1) is 0 Å². The number of carbonyl (C=O) groups excluding carboxylic acids is 1. The van der Waals surface area contributed by atoms with Crippen LogP contribution in [-0.4, -0.2) is 30.2 Å². The van der Waals surface area contributed by atoms with Crippen LogP contribution in [0.25, 0.3) is 0 Å². The highest BCUT2D eigenvalue weighted by atomic mass is 32.1. The van der Waals surface area contributed by atoms with Gasteiger partial charge in [0.1, 0.15) is 0 Å². The van der Waals surface area contributed by atoms with E-state index in [0.717, 1.165) is 19.6 Å². The molecule has 0 aromatic heterocycles. The monoisotopic (exact) mass is 258 g/mol. The minimum absolute atomic E-state index is 0.0631. The van der Waals surface area contributed by atoms with Crippen LogP contribution in [0.5, 0.6) is 0 Å². The fraction of sp³-hybridized carbons (Fsp3) is 0.833. The van der Waals surface area contributed by atoms with Crippen molar-refractivity contribution in [2.24, 2.45) is 23.5 Å². The van der Waals surface area contributed by atoms with E-state index in [1.807, 2.05) is 20.8 Å². The van der Waals surface area contributed by atoms with Gasteiger partial charge in [0.2, 0.25) is 5.91 Å². The molecule has 17 heavy (non-hydrogen) atoms. The van der Waals surface area contributed by atoms with E-state index < -0.39 is 0 Å². The normalized spacial score (nSPS) is 23.4. The molecule has 1 aliphatic heterocycles. The molecular formula is C12H22N2O2S. The molecule has 1 heterocycles. The van der Waals surface area contributed by atoms with Crippen molar-refractivity contribution >= 4 is 23.1 Å². The summed E-state index contributed by atoms with van der Waals surface area (Å²) in [5.41, 5.74) is 5.61. The third-order valence-corrected chi connectivity index (χ3v) is 3.55. The molecule has 5 heteroatoms. The molecule has 0 bridgehead atoms. The zero-order valence-electron chi connectivity index (χ0n) is 10.7. The highest BCUT2D eigenvalue weighted by Gasteiger charge is 2.29. The van der Waals surface area contributed by atoms with Crippen LogP contribution in [0.2, 0.25) is 0 Å². The lowest BCUT2D eigenvalue weighted by molar-refractivity contribution is -0.124. The third kappa shape index (κ3) is 3.92. The smallest absolute Gasteiger partial charge is 0.230 e. The van der Waals surface area contributed by atoms with E-state index in [0.29, 0.717) is 5.92 Å². The molecule has 1 saturated heterocycles. The van der Waals surface area contributed by atoms with Crippen molar-refractivity contribution in [2.45, 2.75) is 33.2 Å². The van der Waals surface area contributed by atoms with Gasteiger partial charge in [0.05, 0.1) is 17.5 Å². The van der Waals surface area contributed by atoms with E-state index in [9.17, 15) is 4.79 Å². The molecule has 98 valence electrons. The number of nitrogens with one attached hydrogen (secondary N) is 1. The highest BCUT2D eigenvalue weighted by Crippen LogP contribution is 2.18. The van der Waals surface area contributed by atoms with E-state index in [2.05, 4.69) is 5.32 Å². The van der Waals surface area contributed by atoms with Gasteiger partial charge in [0, 0.05) is 18.6 Å². The maximum atomic E-state index is 12.1. The molecule has 0 aliphatic carbocycles. The van der Waals surface area contributed by atoms with E-state index in [1.165, 1.54) is 0 Å². The molecule has 0 saturated carbocycles. The molecule has 3 N–H and O–H groups in total. The first-order valence-corrected chi connectivity index (χ1v) is 6.51. The summed E-state index contributed by atoms with van der Waals surface area (Å²) in [5, 5.41) is 3.00. The van der Waals surface area contributed by atoms with E-state index in [-0.39, 0.29) is 28.8 Å². The maximum absolute atomic E-state index is 12.1. The first kappa shape index (κ1) is 14.4. The summed E-state index contributed by atoms with van der Waals surface area (Å²) in [5.74, 6) is 0.0827. The van der Waals surface area contributed by atoms with Gasteiger partial charge in [-0.2, -0.15) is 0 Å². The molecule has 3 atom stereocenters. The van der Waals surface area contributed by atoms with Crippen molar-refractivity contribution in [3.8, 4) is 0 Å². The molecule has 0 spiro atoms. The number of hydrogen-bond acceptors (Lipinski definition) is 3. The predicted molar refractivity (Wildman–Crippen MR) is 71.6 cm³/mol. The first-order valence-electron chi connectivity index (χ1n) is 6.11. The number of carbonyl (C=O) groups is 1. The van der Waals surface area contributed by atoms with Gasteiger partial charge in [-0.05, 0) is 19.3 Å². The van der Waals surface area contributed by atoms with Gasteiger partial charge in [0.25, 0.3) is 0 Å². The summed E-state index contributed by atoms with van der Waals surface area (Å²) in [7, 11) is 0. The number of nitrogens with two attached hydrogens (primary N) is 1. The van der Waals surface area contributed by atoms with Gasteiger partial charge < -0.3 is 15.8 Å². The van der Waals surface area contributed by atoms with Gasteiger partial charge in [-0.25, -0.2) is 0 Å². The third-order valence-electron chi connectivity index (χ3n) is 3.30. The molecule has 0 aromatic carbocycles.